The average molecular weight is 335 g/mol. The van der Waals surface area contributed by atoms with Crippen molar-refractivity contribution < 1.29 is 23.5 Å². The lowest BCUT2D eigenvalue weighted by molar-refractivity contribution is -0.119. The van der Waals surface area contributed by atoms with Crippen LogP contribution in [-0.2, 0) is 20.7 Å². The molecule has 1 aromatic carbocycles. The molecule has 0 aliphatic carbocycles. The Balaban J connectivity index is 1.76. The first-order chi connectivity index (χ1) is 11.5. The van der Waals surface area contributed by atoms with Crippen LogP contribution >= 0.6 is 0 Å². The summed E-state index contributed by atoms with van der Waals surface area (Å²) in [6, 6.07) is 4.70. The largest absolute Gasteiger partial charge is 0.442 e. The van der Waals surface area contributed by atoms with E-state index < -0.39 is 24.9 Å². The van der Waals surface area contributed by atoms with Crippen molar-refractivity contribution in [3.63, 3.8) is 0 Å². The van der Waals surface area contributed by atoms with E-state index in [0.29, 0.717) is 30.8 Å². The van der Waals surface area contributed by atoms with Crippen LogP contribution in [0.15, 0.2) is 18.2 Å². The fourth-order valence-electron chi connectivity index (χ4n) is 3.07. The molecule has 1 aromatic rings. The Morgan fingerprint density at radius 2 is 2.29 bits per heavy atom. The zero-order chi connectivity index (χ0) is 17.3. The lowest BCUT2D eigenvalue weighted by atomic mass is 10.1. The standard InChI is InChI=1S/C16H18FN3O4/c1-10(22)18-7-14-8-19(16(23)24-14)12-2-3-15-11(4-12)5-13(6-17)20(15)9-21/h2-4,9,13-14H,5-8H2,1H3,(H,18,22). The van der Waals surface area contributed by atoms with Gasteiger partial charge in [0.05, 0.1) is 19.1 Å². The molecule has 24 heavy (non-hydrogen) atoms. The van der Waals surface area contributed by atoms with Gasteiger partial charge in [0.1, 0.15) is 12.8 Å². The number of nitrogens with one attached hydrogen (secondary N) is 1. The maximum atomic E-state index is 13.0. The second kappa shape index (κ2) is 6.46. The Bertz CT molecular complexity index is 681. The zero-order valence-corrected chi connectivity index (χ0v) is 13.2. The molecule has 0 radical (unpaired) electrons. The molecule has 0 spiro atoms. The topological polar surface area (TPSA) is 79.0 Å². The maximum Gasteiger partial charge on any atom is 0.414 e. The number of ether oxygens (including phenoxy) is 1. The molecule has 2 heterocycles. The molecule has 128 valence electrons. The van der Waals surface area contributed by atoms with Crippen molar-refractivity contribution in [2.24, 2.45) is 0 Å². The van der Waals surface area contributed by atoms with E-state index in [-0.39, 0.29) is 12.5 Å². The molecule has 2 aliphatic heterocycles. The van der Waals surface area contributed by atoms with Gasteiger partial charge in [-0.1, -0.05) is 0 Å². The lowest BCUT2D eigenvalue weighted by Gasteiger charge is -2.18. The first kappa shape index (κ1) is 16.2. The molecular formula is C16H18FN3O4. The summed E-state index contributed by atoms with van der Waals surface area (Å²) in [5.74, 6) is -0.187. The third kappa shape index (κ3) is 2.91. The van der Waals surface area contributed by atoms with Gasteiger partial charge in [0.25, 0.3) is 0 Å². The fraction of sp³-hybridized carbons (Fsp3) is 0.438. The van der Waals surface area contributed by atoms with Gasteiger partial charge in [-0.25, -0.2) is 9.18 Å². The summed E-state index contributed by atoms with van der Waals surface area (Å²) >= 11 is 0. The number of nitrogens with zero attached hydrogens (tertiary/aromatic N) is 2. The fourth-order valence-corrected chi connectivity index (χ4v) is 3.07. The summed E-state index contributed by atoms with van der Waals surface area (Å²) in [6.45, 7) is 1.36. The van der Waals surface area contributed by atoms with E-state index >= 15 is 0 Å². The van der Waals surface area contributed by atoms with Crippen LogP contribution in [0.5, 0.6) is 0 Å². The summed E-state index contributed by atoms with van der Waals surface area (Å²) in [5.41, 5.74) is 2.12. The number of fused-ring (bicyclic) bond motifs is 1. The highest BCUT2D eigenvalue weighted by atomic mass is 19.1. The van der Waals surface area contributed by atoms with Gasteiger partial charge in [-0.2, -0.15) is 0 Å². The highest BCUT2D eigenvalue weighted by Crippen LogP contribution is 2.35. The number of carbonyl (C=O) groups excluding carboxylic acids is 3. The van der Waals surface area contributed by atoms with E-state index in [1.807, 2.05) is 0 Å². The minimum Gasteiger partial charge on any atom is -0.442 e. The van der Waals surface area contributed by atoms with Crippen LogP contribution in [-0.4, -0.2) is 50.3 Å². The van der Waals surface area contributed by atoms with Gasteiger partial charge in [-0.05, 0) is 30.2 Å². The number of cyclic esters (lactones) is 1. The number of halogens is 1. The Morgan fingerprint density at radius 1 is 1.50 bits per heavy atom. The van der Waals surface area contributed by atoms with Crippen LogP contribution in [0.2, 0.25) is 0 Å². The van der Waals surface area contributed by atoms with Gasteiger partial charge in [0.15, 0.2) is 0 Å². The lowest BCUT2D eigenvalue weighted by Crippen LogP contribution is -2.33. The first-order valence-corrected chi connectivity index (χ1v) is 7.68. The summed E-state index contributed by atoms with van der Waals surface area (Å²) < 4.78 is 18.3. The number of benzene rings is 1. The average Bonchev–Trinajstić information content (AvgIpc) is 3.11. The van der Waals surface area contributed by atoms with E-state index in [4.69, 9.17) is 4.74 Å². The maximum absolute atomic E-state index is 13.0. The minimum absolute atomic E-state index is 0.187. The quantitative estimate of drug-likeness (QED) is 0.815. The van der Waals surface area contributed by atoms with Gasteiger partial charge in [-0.15, -0.1) is 0 Å². The molecule has 0 aromatic heterocycles. The SMILES string of the molecule is CC(=O)NCC1CN(c2ccc3c(c2)CC(CF)N3C=O)C(=O)O1. The Kier molecular flexibility index (Phi) is 4.37. The van der Waals surface area contributed by atoms with Crippen molar-refractivity contribution in [3.05, 3.63) is 23.8 Å². The molecule has 1 saturated heterocycles. The Morgan fingerprint density at radius 3 is 2.96 bits per heavy atom. The van der Waals surface area contributed by atoms with Crippen LogP contribution in [0.25, 0.3) is 0 Å². The van der Waals surface area contributed by atoms with Crippen molar-refractivity contribution >= 4 is 29.8 Å². The monoisotopic (exact) mass is 335 g/mol. The van der Waals surface area contributed by atoms with Gasteiger partial charge in [0, 0.05) is 18.3 Å². The number of carbonyl (C=O) groups is 3. The number of alkyl halides is 1. The van der Waals surface area contributed by atoms with Crippen molar-refractivity contribution in [2.45, 2.75) is 25.5 Å². The molecule has 3 rings (SSSR count). The number of hydrogen-bond acceptors (Lipinski definition) is 4. The Hall–Kier alpha value is -2.64. The van der Waals surface area contributed by atoms with Crippen LogP contribution in [0.4, 0.5) is 20.6 Å². The van der Waals surface area contributed by atoms with Crippen molar-refractivity contribution in [3.8, 4) is 0 Å². The van der Waals surface area contributed by atoms with Crippen LogP contribution in [0, 0.1) is 0 Å². The highest BCUT2D eigenvalue weighted by Gasteiger charge is 2.34. The predicted molar refractivity (Wildman–Crippen MR) is 84.8 cm³/mol. The molecular weight excluding hydrogens is 317 g/mol. The second-order valence-electron chi connectivity index (χ2n) is 5.89. The molecule has 0 bridgehead atoms. The summed E-state index contributed by atoms with van der Waals surface area (Å²) in [4.78, 5) is 37.0. The predicted octanol–water partition coefficient (Wildman–Crippen LogP) is 1.00. The smallest absolute Gasteiger partial charge is 0.414 e. The number of amides is 3. The van der Waals surface area contributed by atoms with Crippen molar-refractivity contribution in [1.29, 1.82) is 0 Å². The molecule has 2 unspecified atom stereocenters. The van der Waals surface area contributed by atoms with E-state index in [9.17, 15) is 18.8 Å². The number of anilines is 2. The zero-order valence-electron chi connectivity index (χ0n) is 13.2. The molecule has 8 heteroatoms. The van der Waals surface area contributed by atoms with Gasteiger partial charge in [-0.3, -0.25) is 14.5 Å². The van der Waals surface area contributed by atoms with Crippen LogP contribution in [0.3, 0.4) is 0 Å². The van der Waals surface area contributed by atoms with Gasteiger partial charge >= 0.3 is 6.09 Å². The molecule has 7 nitrogen and oxygen atoms in total. The third-order valence-electron chi connectivity index (χ3n) is 4.25. The molecule has 3 amide bonds. The van der Waals surface area contributed by atoms with E-state index in [1.54, 1.807) is 18.2 Å². The summed E-state index contributed by atoms with van der Waals surface area (Å²) in [5, 5.41) is 2.62. The van der Waals surface area contributed by atoms with E-state index in [2.05, 4.69) is 5.32 Å². The van der Waals surface area contributed by atoms with Crippen molar-refractivity contribution in [2.75, 3.05) is 29.6 Å². The van der Waals surface area contributed by atoms with E-state index in [0.717, 1.165) is 5.56 Å². The second-order valence-corrected chi connectivity index (χ2v) is 5.89. The van der Waals surface area contributed by atoms with Gasteiger partial charge in [0.2, 0.25) is 12.3 Å². The van der Waals surface area contributed by atoms with Gasteiger partial charge < -0.3 is 15.0 Å². The van der Waals surface area contributed by atoms with Crippen molar-refractivity contribution in [1.82, 2.24) is 5.32 Å². The Labute approximate surface area is 138 Å². The normalized spacial score (nSPS) is 22.3. The molecule has 1 N–H and O–H groups in total. The third-order valence-corrected chi connectivity index (χ3v) is 4.25. The van der Waals surface area contributed by atoms with Crippen LogP contribution in [0.1, 0.15) is 12.5 Å². The minimum atomic E-state index is -0.618. The van der Waals surface area contributed by atoms with Crippen LogP contribution < -0.4 is 15.1 Å². The van der Waals surface area contributed by atoms with E-state index in [1.165, 1.54) is 16.7 Å². The summed E-state index contributed by atoms with van der Waals surface area (Å²) in [7, 11) is 0. The summed E-state index contributed by atoms with van der Waals surface area (Å²) in [6.07, 6.45) is 0.136. The molecule has 1 fully saturated rings. The molecule has 2 aliphatic rings. The number of rotatable bonds is 5. The first-order valence-electron chi connectivity index (χ1n) is 7.68. The molecule has 0 saturated carbocycles. The number of hydrogen-bond donors (Lipinski definition) is 1. The highest BCUT2D eigenvalue weighted by molar-refractivity contribution is 5.91. The molecule has 2 atom stereocenters.